The number of benzene rings is 1. The Labute approximate surface area is 127 Å². The largest absolute Gasteiger partial charge is 0.289 e. The van der Waals surface area contributed by atoms with E-state index in [9.17, 15) is 9.59 Å². The fourth-order valence-corrected chi connectivity index (χ4v) is 2.73. The monoisotopic (exact) mass is 284 g/mol. The van der Waals surface area contributed by atoms with Gasteiger partial charge in [-0.3, -0.25) is 9.59 Å². The van der Waals surface area contributed by atoms with Crippen LogP contribution in [0.2, 0.25) is 0 Å². The van der Waals surface area contributed by atoms with Crippen molar-refractivity contribution in [2.75, 3.05) is 0 Å². The van der Waals surface area contributed by atoms with Crippen molar-refractivity contribution in [1.82, 2.24) is 0 Å². The van der Waals surface area contributed by atoms with Crippen LogP contribution in [0.3, 0.4) is 0 Å². The van der Waals surface area contributed by atoms with E-state index >= 15 is 0 Å². The standard InChI is InChI=1S/C19H24O2/c1-6-19(4,5)12(2)11-16-13(3)17(20)14-9-7-8-10-15(14)18(16)21/h7-10,12H,6,11H2,1-5H3. The Morgan fingerprint density at radius 3 is 2.10 bits per heavy atom. The third-order valence-electron chi connectivity index (χ3n) is 5.24. The van der Waals surface area contributed by atoms with Crippen molar-refractivity contribution in [2.24, 2.45) is 11.3 Å². The quantitative estimate of drug-likeness (QED) is 0.792. The van der Waals surface area contributed by atoms with Gasteiger partial charge in [-0.15, -0.1) is 0 Å². The van der Waals surface area contributed by atoms with Crippen molar-refractivity contribution < 1.29 is 9.59 Å². The molecule has 2 heteroatoms. The van der Waals surface area contributed by atoms with E-state index in [1.165, 1.54) is 0 Å². The van der Waals surface area contributed by atoms with E-state index in [-0.39, 0.29) is 17.0 Å². The van der Waals surface area contributed by atoms with Gasteiger partial charge in [0.05, 0.1) is 0 Å². The summed E-state index contributed by atoms with van der Waals surface area (Å²) in [6, 6.07) is 7.14. The van der Waals surface area contributed by atoms with Gasteiger partial charge in [-0.1, -0.05) is 58.4 Å². The van der Waals surface area contributed by atoms with Gasteiger partial charge in [-0.2, -0.15) is 0 Å². The second-order valence-electron chi connectivity index (χ2n) is 6.75. The van der Waals surface area contributed by atoms with Crippen molar-refractivity contribution in [1.29, 1.82) is 0 Å². The first-order valence-corrected chi connectivity index (χ1v) is 7.67. The molecule has 0 N–H and O–H groups in total. The van der Waals surface area contributed by atoms with Crippen LogP contribution in [0.4, 0.5) is 0 Å². The maximum absolute atomic E-state index is 12.7. The van der Waals surface area contributed by atoms with Crippen molar-refractivity contribution in [2.45, 2.75) is 47.5 Å². The number of ketones is 2. The molecule has 1 unspecified atom stereocenters. The molecule has 112 valence electrons. The SMILES string of the molecule is CCC(C)(C)C(C)CC1=C(C)C(=O)c2ccccc2C1=O. The lowest BCUT2D eigenvalue weighted by Crippen LogP contribution is -2.26. The van der Waals surface area contributed by atoms with Gasteiger partial charge in [0, 0.05) is 22.3 Å². The molecule has 2 rings (SSSR count). The van der Waals surface area contributed by atoms with Gasteiger partial charge in [0.25, 0.3) is 0 Å². The van der Waals surface area contributed by atoms with Crippen LogP contribution in [0.5, 0.6) is 0 Å². The molecule has 0 fully saturated rings. The zero-order chi connectivity index (χ0) is 15.8. The van der Waals surface area contributed by atoms with Gasteiger partial charge in [0.2, 0.25) is 0 Å². The van der Waals surface area contributed by atoms with Crippen LogP contribution in [-0.2, 0) is 0 Å². The highest BCUT2D eigenvalue weighted by Gasteiger charge is 2.33. The van der Waals surface area contributed by atoms with Crippen molar-refractivity contribution in [3.05, 3.63) is 46.5 Å². The number of allylic oxidation sites excluding steroid dienone is 2. The van der Waals surface area contributed by atoms with Crippen LogP contribution in [-0.4, -0.2) is 11.6 Å². The second kappa shape index (κ2) is 5.59. The van der Waals surface area contributed by atoms with E-state index < -0.39 is 0 Å². The molecule has 0 bridgehead atoms. The summed E-state index contributed by atoms with van der Waals surface area (Å²) in [6.07, 6.45) is 1.73. The normalized spacial score (nSPS) is 17.0. The van der Waals surface area contributed by atoms with Crippen molar-refractivity contribution in [3.8, 4) is 0 Å². The van der Waals surface area contributed by atoms with Crippen LogP contribution in [0.15, 0.2) is 35.4 Å². The molecule has 0 aliphatic heterocycles. The predicted molar refractivity (Wildman–Crippen MR) is 85.7 cm³/mol. The topological polar surface area (TPSA) is 34.1 Å². The molecule has 1 atom stereocenters. The number of carbonyl (C=O) groups excluding carboxylic acids is 2. The lowest BCUT2D eigenvalue weighted by molar-refractivity contribution is 0.0964. The molecule has 1 aliphatic carbocycles. The molecule has 21 heavy (non-hydrogen) atoms. The maximum Gasteiger partial charge on any atom is 0.190 e. The molecule has 1 aromatic rings. The van der Waals surface area contributed by atoms with Gasteiger partial charge >= 0.3 is 0 Å². The lowest BCUT2D eigenvalue weighted by Gasteiger charge is -2.32. The summed E-state index contributed by atoms with van der Waals surface area (Å²) in [5, 5.41) is 0. The molecule has 0 amide bonds. The van der Waals surface area contributed by atoms with Gasteiger partial charge in [0.15, 0.2) is 11.6 Å². The summed E-state index contributed by atoms with van der Waals surface area (Å²) < 4.78 is 0. The minimum absolute atomic E-state index is 0.00158. The van der Waals surface area contributed by atoms with Gasteiger partial charge in [-0.05, 0) is 24.7 Å². The summed E-state index contributed by atoms with van der Waals surface area (Å²) in [6.45, 7) is 10.6. The number of fused-ring (bicyclic) bond motifs is 1. The minimum atomic E-state index is 0.00158. The molecule has 0 saturated carbocycles. The molecule has 0 spiro atoms. The average molecular weight is 284 g/mol. The van der Waals surface area contributed by atoms with E-state index in [1.807, 2.05) is 12.1 Å². The number of rotatable bonds is 4. The van der Waals surface area contributed by atoms with Crippen molar-refractivity contribution >= 4 is 11.6 Å². The highest BCUT2D eigenvalue weighted by molar-refractivity contribution is 6.26. The zero-order valence-corrected chi connectivity index (χ0v) is 13.6. The Kier molecular flexibility index (Phi) is 4.18. The van der Waals surface area contributed by atoms with Gasteiger partial charge in [0.1, 0.15) is 0 Å². The smallest absolute Gasteiger partial charge is 0.190 e. The third-order valence-corrected chi connectivity index (χ3v) is 5.24. The lowest BCUT2D eigenvalue weighted by atomic mass is 9.72. The number of hydrogen-bond acceptors (Lipinski definition) is 2. The summed E-state index contributed by atoms with van der Waals surface area (Å²) in [4.78, 5) is 25.2. The van der Waals surface area contributed by atoms with Crippen LogP contribution >= 0.6 is 0 Å². The van der Waals surface area contributed by atoms with E-state index in [2.05, 4.69) is 27.7 Å². The van der Waals surface area contributed by atoms with Crippen LogP contribution in [0, 0.1) is 11.3 Å². The first-order valence-electron chi connectivity index (χ1n) is 7.67. The van der Waals surface area contributed by atoms with Gasteiger partial charge < -0.3 is 0 Å². The number of Topliss-reactive ketones (excluding diaryl/α,β-unsaturated/α-hetero) is 2. The highest BCUT2D eigenvalue weighted by Crippen LogP contribution is 2.37. The summed E-state index contributed by atoms with van der Waals surface area (Å²) in [5.41, 5.74) is 2.59. The fourth-order valence-electron chi connectivity index (χ4n) is 2.73. The van der Waals surface area contributed by atoms with Crippen LogP contribution in [0.1, 0.15) is 68.2 Å². The third kappa shape index (κ3) is 2.72. The molecule has 0 aromatic heterocycles. The van der Waals surface area contributed by atoms with E-state index in [1.54, 1.807) is 19.1 Å². The molecule has 0 radical (unpaired) electrons. The van der Waals surface area contributed by atoms with Crippen molar-refractivity contribution in [3.63, 3.8) is 0 Å². The second-order valence-corrected chi connectivity index (χ2v) is 6.75. The molecule has 0 saturated heterocycles. The number of hydrogen-bond donors (Lipinski definition) is 0. The summed E-state index contributed by atoms with van der Waals surface area (Å²) in [5.74, 6) is 0.387. The highest BCUT2D eigenvalue weighted by atomic mass is 16.1. The first kappa shape index (κ1) is 15.7. The predicted octanol–water partition coefficient (Wildman–Crippen LogP) is 4.84. The van der Waals surface area contributed by atoms with Crippen LogP contribution < -0.4 is 0 Å². The molecule has 1 aromatic carbocycles. The molecule has 0 heterocycles. The van der Waals surface area contributed by atoms with Crippen LogP contribution in [0.25, 0.3) is 0 Å². The van der Waals surface area contributed by atoms with E-state index in [0.717, 1.165) is 6.42 Å². The fraction of sp³-hybridized carbons (Fsp3) is 0.474. The Hall–Kier alpha value is -1.70. The Morgan fingerprint density at radius 1 is 1.05 bits per heavy atom. The first-order chi connectivity index (χ1) is 9.79. The minimum Gasteiger partial charge on any atom is -0.289 e. The number of carbonyl (C=O) groups is 2. The van der Waals surface area contributed by atoms with E-state index in [4.69, 9.17) is 0 Å². The molecule has 1 aliphatic rings. The Balaban J connectivity index is 2.39. The molecular formula is C19H24O2. The maximum atomic E-state index is 12.7. The summed E-state index contributed by atoms with van der Waals surface area (Å²) >= 11 is 0. The summed E-state index contributed by atoms with van der Waals surface area (Å²) in [7, 11) is 0. The Morgan fingerprint density at radius 2 is 1.57 bits per heavy atom. The molecular weight excluding hydrogens is 260 g/mol. The molecule has 2 nitrogen and oxygen atoms in total. The van der Waals surface area contributed by atoms with Gasteiger partial charge in [-0.25, -0.2) is 0 Å². The Bertz CT molecular complexity index is 620. The average Bonchev–Trinajstić information content (AvgIpc) is 2.49. The van der Waals surface area contributed by atoms with E-state index in [0.29, 0.717) is 34.6 Å². The zero-order valence-electron chi connectivity index (χ0n) is 13.6.